The molecule has 16 heavy (non-hydrogen) atoms. The molecule has 0 saturated carbocycles. The van der Waals surface area contributed by atoms with Crippen molar-refractivity contribution in [2.45, 2.75) is 0 Å². The van der Waals surface area contributed by atoms with Crippen molar-refractivity contribution in [2.24, 2.45) is 0 Å². The Morgan fingerprint density at radius 1 is 1.19 bits per heavy atom. The molecule has 5 nitrogen and oxygen atoms in total. The molecule has 1 fully saturated rings. The second-order valence-electron chi connectivity index (χ2n) is 3.76. The molecule has 1 saturated heterocycles. The van der Waals surface area contributed by atoms with Crippen LogP contribution in [0.15, 0.2) is 30.3 Å². The number of rotatable bonds is 1. The van der Waals surface area contributed by atoms with Crippen LogP contribution < -0.4 is 0 Å². The Labute approximate surface area is 93.8 Å². The average molecular weight is 219 g/mol. The quantitative estimate of drug-likeness (QED) is 0.707. The van der Waals surface area contributed by atoms with E-state index in [-0.39, 0.29) is 11.9 Å². The first kappa shape index (κ1) is 10.6. The number of hydrogen-bond donors (Lipinski definition) is 0. The van der Waals surface area contributed by atoms with Crippen LogP contribution in [-0.2, 0) is 0 Å². The maximum absolute atomic E-state index is 12.1. The third kappa shape index (κ3) is 1.65. The molecule has 2 rings (SSSR count). The normalized spacial score (nSPS) is 17.0. The molecular weight excluding hydrogens is 206 g/mol. The number of imide groups is 1. The molecule has 0 aromatic heterocycles. The number of nitrogens with zero attached hydrogens (tertiary/aromatic N) is 3. The third-order valence-corrected chi connectivity index (χ3v) is 2.48. The van der Waals surface area contributed by atoms with Crippen molar-refractivity contribution in [3.63, 3.8) is 0 Å². The standard InChI is InChI=1S/C11H13N3O2/c1-12-8-13(2)14(11(12)16)10(15)9-6-4-3-5-7-9/h3-7H,8H2,1-2H3. The zero-order valence-corrected chi connectivity index (χ0v) is 9.25. The molecule has 0 unspecified atom stereocenters. The van der Waals surface area contributed by atoms with E-state index in [1.165, 1.54) is 4.90 Å². The minimum absolute atomic E-state index is 0.294. The van der Waals surface area contributed by atoms with Crippen LogP contribution in [0.25, 0.3) is 0 Å². The van der Waals surface area contributed by atoms with Gasteiger partial charge in [0.25, 0.3) is 5.91 Å². The van der Waals surface area contributed by atoms with Crippen LogP contribution in [-0.4, -0.2) is 47.6 Å². The topological polar surface area (TPSA) is 43.9 Å². The number of urea groups is 1. The summed E-state index contributed by atoms with van der Waals surface area (Å²) in [7, 11) is 3.37. The van der Waals surface area contributed by atoms with E-state index in [0.717, 1.165) is 5.01 Å². The Bertz CT molecular complexity index is 418. The highest BCUT2D eigenvalue weighted by Gasteiger charge is 2.35. The maximum atomic E-state index is 12.1. The molecular formula is C11H13N3O2. The number of benzene rings is 1. The van der Waals surface area contributed by atoms with Gasteiger partial charge in [-0.1, -0.05) is 18.2 Å². The fourth-order valence-corrected chi connectivity index (χ4v) is 1.68. The van der Waals surface area contributed by atoms with Crippen molar-refractivity contribution in [1.82, 2.24) is 14.9 Å². The maximum Gasteiger partial charge on any atom is 0.342 e. The van der Waals surface area contributed by atoms with Gasteiger partial charge < -0.3 is 4.90 Å². The summed E-state index contributed by atoms with van der Waals surface area (Å²) in [5, 5.41) is 2.74. The van der Waals surface area contributed by atoms with Crippen LogP contribution in [0.3, 0.4) is 0 Å². The second-order valence-corrected chi connectivity index (χ2v) is 3.76. The largest absolute Gasteiger partial charge is 0.342 e. The van der Waals surface area contributed by atoms with Crippen LogP contribution in [0.2, 0.25) is 0 Å². The van der Waals surface area contributed by atoms with E-state index in [1.54, 1.807) is 43.4 Å². The van der Waals surface area contributed by atoms with Crippen LogP contribution >= 0.6 is 0 Å². The summed E-state index contributed by atoms with van der Waals surface area (Å²) in [6.07, 6.45) is 0. The van der Waals surface area contributed by atoms with E-state index in [1.807, 2.05) is 6.07 Å². The Hall–Kier alpha value is -1.88. The fourth-order valence-electron chi connectivity index (χ4n) is 1.68. The Morgan fingerprint density at radius 3 is 2.31 bits per heavy atom. The highest BCUT2D eigenvalue weighted by atomic mass is 16.2. The molecule has 84 valence electrons. The number of carbonyl (C=O) groups excluding carboxylic acids is 2. The van der Waals surface area contributed by atoms with Crippen molar-refractivity contribution in [3.8, 4) is 0 Å². The van der Waals surface area contributed by atoms with Crippen molar-refractivity contribution in [1.29, 1.82) is 0 Å². The van der Waals surface area contributed by atoms with E-state index in [2.05, 4.69) is 0 Å². The number of hydrogen-bond acceptors (Lipinski definition) is 3. The lowest BCUT2D eigenvalue weighted by Gasteiger charge is -2.19. The molecule has 0 radical (unpaired) electrons. The summed E-state index contributed by atoms with van der Waals surface area (Å²) in [4.78, 5) is 25.3. The van der Waals surface area contributed by atoms with E-state index in [4.69, 9.17) is 0 Å². The summed E-state index contributed by atoms with van der Waals surface area (Å²) in [5.74, 6) is -0.294. The van der Waals surface area contributed by atoms with Gasteiger partial charge in [-0.05, 0) is 12.1 Å². The molecule has 0 spiro atoms. The van der Waals surface area contributed by atoms with Crippen LogP contribution in [0, 0.1) is 0 Å². The highest BCUT2D eigenvalue weighted by Crippen LogP contribution is 2.14. The van der Waals surface area contributed by atoms with Gasteiger partial charge in [-0.15, -0.1) is 0 Å². The lowest BCUT2D eigenvalue weighted by atomic mass is 10.2. The molecule has 1 aromatic carbocycles. The van der Waals surface area contributed by atoms with Crippen LogP contribution in [0.4, 0.5) is 4.79 Å². The summed E-state index contributed by atoms with van der Waals surface area (Å²) in [5.41, 5.74) is 0.512. The number of hydrazine groups is 1. The first-order chi connectivity index (χ1) is 7.61. The Balaban J connectivity index is 2.26. The predicted octanol–water partition coefficient (Wildman–Crippen LogP) is 0.998. The number of carbonyl (C=O) groups is 2. The summed E-state index contributed by atoms with van der Waals surface area (Å²) < 4.78 is 0. The highest BCUT2D eigenvalue weighted by molar-refractivity contribution is 6.04. The van der Waals surface area contributed by atoms with Crippen molar-refractivity contribution in [3.05, 3.63) is 35.9 Å². The molecule has 0 N–H and O–H groups in total. The Kier molecular flexibility index (Phi) is 2.62. The SMILES string of the molecule is CN1CN(C)N(C(=O)c2ccccc2)C1=O. The predicted molar refractivity (Wildman–Crippen MR) is 58.4 cm³/mol. The summed E-state index contributed by atoms with van der Waals surface area (Å²) in [6.45, 7) is 0.428. The average Bonchev–Trinajstić information content (AvgIpc) is 2.54. The van der Waals surface area contributed by atoms with Crippen molar-refractivity contribution in [2.75, 3.05) is 20.8 Å². The molecule has 1 aliphatic heterocycles. The second kappa shape index (κ2) is 3.94. The van der Waals surface area contributed by atoms with Gasteiger partial charge in [0, 0.05) is 19.7 Å². The van der Waals surface area contributed by atoms with E-state index >= 15 is 0 Å². The van der Waals surface area contributed by atoms with Gasteiger partial charge in [-0.25, -0.2) is 4.79 Å². The first-order valence-corrected chi connectivity index (χ1v) is 4.97. The lowest BCUT2D eigenvalue weighted by molar-refractivity contribution is 0.0459. The molecule has 3 amide bonds. The number of amides is 3. The van der Waals surface area contributed by atoms with Gasteiger partial charge in [-0.3, -0.25) is 4.79 Å². The van der Waals surface area contributed by atoms with Gasteiger partial charge in [0.15, 0.2) is 0 Å². The fraction of sp³-hybridized carbons (Fsp3) is 0.273. The molecule has 0 aliphatic carbocycles. The smallest absolute Gasteiger partial charge is 0.312 e. The van der Waals surface area contributed by atoms with Crippen molar-refractivity contribution < 1.29 is 9.59 Å². The zero-order chi connectivity index (χ0) is 11.7. The third-order valence-electron chi connectivity index (χ3n) is 2.48. The molecule has 1 aromatic rings. The van der Waals surface area contributed by atoms with Gasteiger partial charge in [0.2, 0.25) is 0 Å². The lowest BCUT2D eigenvalue weighted by Crippen LogP contribution is -2.41. The molecule has 5 heteroatoms. The van der Waals surface area contributed by atoms with Gasteiger partial charge in [0.1, 0.15) is 0 Å². The van der Waals surface area contributed by atoms with Crippen molar-refractivity contribution >= 4 is 11.9 Å². The Morgan fingerprint density at radius 2 is 1.81 bits per heavy atom. The minimum atomic E-state index is -0.295. The first-order valence-electron chi connectivity index (χ1n) is 4.97. The van der Waals surface area contributed by atoms with E-state index in [0.29, 0.717) is 12.2 Å². The summed E-state index contributed by atoms with van der Waals surface area (Å²) >= 11 is 0. The van der Waals surface area contributed by atoms with Gasteiger partial charge >= 0.3 is 6.03 Å². The monoisotopic (exact) mass is 219 g/mol. The van der Waals surface area contributed by atoms with Gasteiger partial charge in [0.05, 0.1) is 6.67 Å². The molecule has 1 heterocycles. The van der Waals surface area contributed by atoms with Crippen LogP contribution in [0.5, 0.6) is 0 Å². The summed E-state index contributed by atoms with van der Waals surface area (Å²) in [6, 6.07) is 8.48. The molecule has 1 aliphatic rings. The van der Waals surface area contributed by atoms with E-state index < -0.39 is 0 Å². The molecule has 0 atom stereocenters. The minimum Gasteiger partial charge on any atom is -0.312 e. The van der Waals surface area contributed by atoms with Gasteiger partial charge in [-0.2, -0.15) is 10.0 Å². The van der Waals surface area contributed by atoms with Crippen LogP contribution in [0.1, 0.15) is 10.4 Å². The molecule has 0 bridgehead atoms. The van der Waals surface area contributed by atoms with E-state index in [9.17, 15) is 9.59 Å². The zero-order valence-electron chi connectivity index (χ0n) is 9.25.